The van der Waals surface area contributed by atoms with Crippen molar-refractivity contribution in [1.82, 2.24) is 20.2 Å². The second kappa shape index (κ2) is 8.85. The van der Waals surface area contributed by atoms with Gasteiger partial charge in [0, 0.05) is 39.1 Å². The summed E-state index contributed by atoms with van der Waals surface area (Å²) < 4.78 is 2.06. The van der Waals surface area contributed by atoms with Crippen LogP contribution in [0, 0.1) is 6.92 Å². The number of nitrogens with one attached hydrogen (secondary N) is 2. The molecule has 0 aliphatic carbocycles. The maximum Gasteiger partial charge on any atom is 0.191 e. The average Bonchev–Trinajstić information content (AvgIpc) is 3.16. The van der Waals surface area contributed by atoms with E-state index in [0.29, 0.717) is 0 Å². The lowest BCUT2D eigenvalue weighted by atomic mass is 10.1. The Morgan fingerprint density at radius 3 is 2.62 bits per heavy atom. The third-order valence-electron chi connectivity index (χ3n) is 4.31. The maximum absolute atomic E-state index is 4.31. The van der Waals surface area contributed by atoms with Gasteiger partial charge in [0.2, 0.25) is 0 Å². The molecule has 0 atom stereocenters. The number of aromatic nitrogens is 2. The molecule has 0 radical (unpaired) electrons. The second-order valence-electron chi connectivity index (χ2n) is 6.26. The van der Waals surface area contributed by atoms with Crippen molar-refractivity contribution in [3.8, 4) is 0 Å². The van der Waals surface area contributed by atoms with Gasteiger partial charge in [0.15, 0.2) is 5.96 Å². The Hall–Kier alpha value is -3.08. The summed E-state index contributed by atoms with van der Waals surface area (Å²) in [6.07, 6.45) is 5.61. The van der Waals surface area contributed by atoms with Gasteiger partial charge in [0.1, 0.15) is 0 Å². The van der Waals surface area contributed by atoms with E-state index in [-0.39, 0.29) is 0 Å². The zero-order chi connectivity index (χ0) is 18.2. The van der Waals surface area contributed by atoms with Gasteiger partial charge in [-0.05, 0) is 29.2 Å². The molecule has 0 unspecified atom stereocenters. The van der Waals surface area contributed by atoms with Gasteiger partial charge in [-0.3, -0.25) is 4.99 Å². The van der Waals surface area contributed by atoms with Crippen molar-refractivity contribution < 1.29 is 0 Å². The van der Waals surface area contributed by atoms with Crippen LogP contribution in [0.4, 0.5) is 0 Å². The Balaban J connectivity index is 1.54. The minimum Gasteiger partial charge on any atom is -0.352 e. The van der Waals surface area contributed by atoms with E-state index in [1.165, 1.54) is 22.3 Å². The number of imidazole rings is 1. The molecule has 0 amide bonds. The van der Waals surface area contributed by atoms with Crippen molar-refractivity contribution in [1.29, 1.82) is 0 Å². The molecule has 1 heterocycles. The first-order valence-electron chi connectivity index (χ1n) is 8.77. The van der Waals surface area contributed by atoms with Gasteiger partial charge < -0.3 is 15.2 Å². The van der Waals surface area contributed by atoms with Gasteiger partial charge in [0.05, 0.1) is 6.33 Å². The number of benzene rings is 2. The predicted molar refractivity (Wildman–Crippen MR) is 106 cm³/mol. The molecule has 0 fully saturated rings. The maximum atomic E-state index is 4.31. The van der Waals surface area contributed by atoms with E-state index in [2.05, 4.69) is 80.6 Å². The van der Waals surface area contributed by atoms with Gasteiger partial charge in [-0.15, -0.1) is 0 Å². The topological polar surface area (TPSA) is 54.2 Å². The molecule has 0 saturated carbocycles. The molecule has 0 aliphatic heterocycles. The Bertz CT molecular complexity index is 852. The van der Waals surface area contributed by atoms with Crippen molar-refractivity contribution in [2.24, 2.45) is 4.99 Å². The number of hydrogen-bond donors (Lipinski definition) is 2. The number of guanidine groups is 1. The van der Waals surface area contributed by atoms with Crippen molar-refractivity contribution in [2.45, 2.75) is 26.6 Å². The summed E-state index contributed by atoms with van der Waals surface area (Å²) in [6, 6.07) is 16.9. The number of hydrogen-bond acceptors (Lipinski definition) is 2. The molecule has 0 aliphatic rings. The van der Waals surface area contributed by atoms with Crippen molar-refractivity contribution in [3.63, 3.8) is 0 Å². The van der Waals surface area contributed by atoms with Crippen LogP contribution in [0.5, 0.6) is 0 Å². The fourth-order valence-electron chi connectivity index (χ4n) is 2.82. The Morgan fingerprint density at radius 2 is 1.85 bits per heavy atom. The van der Waals surface area contributed by atoms with Crippen molar-refractivity contribution in [2.75, 3.05) is 7.05 Å². The zero-order valence-corrected chi connectivity index (χ0v) is 15.3. The first kappa shape index (κ1) is 17.7. The van der Waals surface area contributed by atoms with E-state index >= 15 is 0 Å². The molecule has 3 aromatic rings. The number of nitrogens with zero attached hydrogens (tertiary/aromatic N) is 3. The lowest BCUT2D eigenvalue weighted by Crippen LogP contribution is -2.36. The SMILES string of the molecule is CN=C(NCc1cccc(Cn2ccnc2)c1)NCc1ccccc1C. The molecule has 5 nitrogen and oxygen atoms in total. The Kier molecular flexibility index (Phi) is 6.04. The van der Waals surface area contributed by atoms with E-state index < -0.39 is 0 Å². The molecule has 0 spiro atoms. The molecule has 2 N–H and O–H groups in total. The van der Waals surface area contributed by atoms with E-state index in [1.54, 1.807) is 13.2 Å². The van der Waals surface area contributed by atoms with Gasteiger partial charge in [0.25, 0.3) is 0 Å². The number of aryl methyl sites for hydroxylation is 1. The quantitative estimate of drug-likeness (QED) is 0.532. The van der Waals surface area contributed by atoms with Crippen LogP contribution in [0.1, 0.15) is 22.3 Å². The highest BCUT2D eigenvalue weighted by atomic mass is 15.2. The van der Waals surface area contributed by atoms with E-state index in [9.17, 15) is 0 Å². The van der Waals surface area contributed by atoms with Gasteiger partial charge in [-0.2, -0.15) is 0 Å². The van der Waals surface area contributed by atoms with Gasteiger partial charge in [-0.25, -0.2) is 4.98 Å². The summed E-state index contributed by atoms with van der Waals surface area (Å²) in [7, 11) is 1.79. The summed E-state index contributed by atoms with van der Waals surface area (Å²) in [4.78, 5) is 8.40. The number of aliphatic imine (C=N–C) groups is 1. The summed E-state index contributed by atoms with van der Waals surface area (Å²) >= 11 is 0. The second-order valence-corrected chi connectivity index (χ2v) is 6.26. The van der Waals surface area contributed by atoms with E-state index in [0.717, 1.165) is 25.6 Å². The fourth-order valence-corrected chi connectivity index (χ4v) is 2.82. The smallest absolute Gasteiger partial charge is 0.191 e. The predicted octanol–water partition coefficient (Wildman–Crippen LogP) is 3.11. The summed E-state index contributed by atoms with van der Waals surface area (Å²) in [5.74, 6) is 0.799. The summed E-state index contributed by atoms with van der Waals surface area (Å²) in [5.41, 5.74) is 5.03. The molecule has 26 heavy (non-hydrogen) atoms. The van der Waals surface area contributed by atoms with Crippen LogP contribution in [0.3, 0.4) is 0 Å². The molecule has 0 bridgehead atoms. The minimum atomic E-state index is 0.727. The van der Waals surface area contributed by atoms with Crippen LogP contribution in [-0.4, -0.2) is 22.6 Å². The third kappa shape index (κ3) is 4.96. The monoisotopic (exact) mass is 347 g/mol. The van der Waals surface area contributed by atoms with Crippen LogP contribution >= 0.6 is 0 Å². The third-order valence-corrected chi connectivity index (χ3v) is 4.31. The molecule has 2 aromatic carbocycles. The highest BCUT2D eigenvalue weighted by Gasteiger charge is 2.02. The molecular weight excluding hydrogens is 322 g/mol. The Labute approximate surface area is 154 Å². The lowest BCUT2D eigenvalue weighted by molar-refractivity contribution is 0.786. The van der Waals surface area contributed by atoms with Gasteiger partial charge in [-0.1, -0.05) is 48.5 Å². The molecule has 134 valence electrons. The first-order chi connectivity index (χ1) is 12.7. The zero-order valence-electron chi connectivity index (χ0n) is 15.3. The molecule has 5 heteroatoms. The number of rotatable bonds is 6. The normalized spacial score (nSPS) is 11.4. The average molecular weight is 347 g/mol. The Morgan fingerprint density at radius 1 is 1.04 bits per heavy atom. The van der Waals surface area contributed by atoms with Gasteiger partial charge >= 0.3 is 0 Å². The minimum absolute atomic E-state index is 0.727. The van der Waals surface area contributed by atoms with Crippen molar-refractivity contribution in [3.05, 3.63) is 89.5 Å². The van der Waals surface area contributed by atoms with Crippen LogP contribution in [-0.2, 0) is 19.6 Å². The molecule has 1 aromatic heterocycles. The highest BCUT2D eigenvalue weighted by Crippen LogP contribution is 2.08. The van der Waals surface area contributed by atoms with Crippen LogP contribution < -0.4 is 10.6 Å². The van der Waals surface area contributed by atoms with Crippen molar-refractivity contribution >= 4 is 5.96 Å². The summed E-state index contributed by atoms with van der Waals surface area (Å²) in [5, 5.41) is 6.76. The fraction of sp³-hybridized carbons (Fsp3) is 0.238. The first-order valence-corrected chi connectivity index (χ1v) is 8.77. The van der Waals surface area contributed by atoms with Crippen LogP contribution in [0.2, 0.25) is 0 Å². The lowest BCUT2D eigenvalue weighted by Gasteiger charge is -2.13. The highest BCUT2D eigenvalue weighted by molar-refractivity contribution is 5.79. The van der Waals surface area contributed by atoms with Crippen LogP contribution in [0.15, 0.2) is 72.2 Å². The van der Waals surface area contributed by atoms with Crippen LogP contribution in [0.25, 0.3) is 0 Å². The molecular formula is C21H25N5. The molecule has 0 saturated heterocycles. The van der Waals surface area contributed by atoms with E-state index in [1.807, 2.05) is 12.5 Å². The van der Waals surface area contributed by atoms with E-state index in [4.69, 9.17) is 0 Å². The standard InChI is InChI=1S/C21H25N5/c1-17-6-3-4-9-20(17)14-25-21(22-2)24-13-18-7-5-8-19(12-18)15-26-11-10-23-16-26/h3-12,16H,13-15H2,1-2H3,(H2,22,24,25). The molecule has 3 rings (SSSR count). The largest absolute Gasteiger partial charge is 0.352 e. The summed E-state index contributed by atoms with van der Waals surface area (Å²) in [6.45, 7) is 4.44.